The fraction of sp³-hybridized carbons (Fsp3) is 0.267. The Balaban J connectivity index is 1.71. The van der Waals surface area contributed by atoms with E-state index in [9.17, 15) is 18.0 Å². The molecule has 0 bridgehead atoms. The van der Waals surface area contributed by atoms with Crippen LogP contribution in [-0.2, 0) is 20.2 Å². The summed E-state index contributed by atoms with van der Waals surface area (Å²) in [7, 11) is 1.39. The highest BCUT2D eigenvalue weighted by molar-refractivity contribution is 7.92. The van der Waals surface area contributed by atoms with E-state index in [4.69, 9.17) is 4.74 Å². The van der Waals surface area contributed by atoms with Crippen molar-refractivity contribution in [1.29, 1.82) is 0 Å². The third-order valence-corrected chi connectivity index (χ3v) is 6.97. The second-order valence-corrected chi connectivity index (χ2v) is 12.7. The summed E-state index contributed by atoms with van der Waals surface area (Å²) in [5.74, 6) is -0.480. The highest BCUT2D eigenvalue weighted by Gasteiger charge is 2.25. The first kappa shape index (κ1) is 30.3. The Morgan fingerprint density at radius 1 is 0.929 bits per heavy atom. The molecule has 0 saturated carbocycles. The molecule has 4 rings (SSSR count). The maximum Gasteiger partial charge on any atom is 0.296 e. The molecule has 1 aromatic heterocycles. The zero-order valence-electron chi connectivity index (χ0n) is 24.6. The van der Waals surface area contributed by atoms with Crippen molar-refractivity contribution in [2.45, 2.75) is 26.2 Å². The minimum Gasteiger partial charge on any atom is -0.492 e. The normalized spacial score (nSPS) is 11.6. The van der Waals surface area contributed by atoms with Crippen LogP contribution in [0.5, 0.6) is 5.75 Å². The van der Waals surface area contributed by atoms with Crippen molar-refractivity contribution in [3.63, 3.8) is 0 Å². The van der Waals surface area contributed by atoms with Gasteiger partial charge in [-0.05, 0) is 46.7 Å². The van der Waals surface area contributed by atoms with Gasteiger partial charge in [-0.2, -0.15) is 4.98 Å². The van der Waals surface area contributed by atoms with E-state index in [1.807, 2.05) is 47.0 Å². The van der Waals surface area contributed by atoms with Gasteiger partial charge in [-0.3, -0.25) is 14.3 Å². The van der Waals surface area contributed by atoms with E-state index in [0.29, 0.717) is 28.2 Å². The van der Waals surface area contributed by atoms with Crippen LogP contribution in [0.3, 0.4) is 0 Å². The van der Waals surface area contributed by atoms with Crippen LogP contribution in [0.25, 0.3) is 10.8 Å². The van der Waals surface area contributed by atoms with Crippen molar-refractivity contribution in [2.75, 3.05) is 47.7 Å². The van der Waals surface area contributed by atoms with E-state index < -0.39 is 27.1 Å². The summed E-state index contributed by atoms with van der Waals surface area (Å²) in [4.78, 5) is 37.4. The van der Waals surface area contributed by atoms with E-state index >= 15 is 0 Å². The van der Waals surface area contributed by atoms with Gasteiger partial charge in [0.1, 0.15) is 5.82 Å². The Bertz CT molecular complexity index is 1780. The van der Waals surface area contributed by atoms with E-state index in [1.54, 1.807) is 53.6 Å². The van der Waals surface area contributed by atoms with Crippen LogP contribution in [-0.4, -0.2) is 57.5 Å². The minimum absolute atomic E-state index is 0.0842. The van der Waals surface area contributed by atoms with E-state index in [-0.39, 0.29) is 22.7 Å². The first-order chi connectivity index (χ1) is 19.7. The van der Waals surface area contributed by atoms with Gasteiger partial charge in [-0.1, -0.05) is 45.0 Å². The summed E-state index contributed by atoms with van der Waals surface area (Å²) in [6.07, 6.45) is 2.67. The number of aromatic nitrogens is 2. The predicted octanol–water partition coefficient (Wildman–Crippen LogP) is 4.94. The summed E-state index contributed by atoms with van der Waals surface area (Å²) in [5.41, 5.74) is 1.53. The summed E-state index contributed by atoms with van der Waals surface area (Å²) in [6, 6.07) is 15.6. The molecule has 0 fully saturated rings. The lowest BCUT2D eigenvalue weighted by Gasteiger charge is -2.24. The van der Waals surface area contributed by atoms with E-state index in [0.717, 1.165) is 11.8 Å². The van der Waals surface area contributed by atoms with Gasteiger partial charge in [0.2, 0.25) is 16.0 Å². The van der Waals surface area contributed by atoms with Gasteiger partial charge < -0.3 is 20.3 Å². The average molecular weight is 591 g/mol. The number of methoxy groups -OCH3 is 1. The Kier molecular flexibility index (Phi) is 8.39. The SMILES string of the molecule is COc1c(NC(=O)C(=O)c2ccc(Nc3ccnc(N(C)C)n3)c3ccccc23)cc(C(C)(C)C)cc1NS(C)(=O)=O. The molecule has 220 valence electrons. The number of Topliss-reactive ketones (excluding diaryl/α,β-unsaturated/α-hetero) is 1. The molecule has 0 spiro atoms. The van der Waals surface area contributed by atoms with Gasteiger partial charge >= 0.3 is 0 Å². The number of ether oxygens (including phenoxy) is 1. The van der Waals surface area contributed by atoms with Crippen LogP contribution in [0.4, 0.5) is 28.8 Å². The first-order valence-corrected chi connectivity index (χ1v) is 14.9. The van der Waals surface area contributed by atoms with E-state index in [2.05, 4.69) is 25.3 Å². The number of sulfonamides is 1. The van der Waals surface area contributed by atoms with Crippen LogP contribution in [0.15, 0.2) is 60.8 Å². The molecule has 0 aliphatic carbocycles. The Morgan fingerprint density at radius 3 is 2.21 bits per heavy atom. The Labute approximate surface area is 245 Å². The fourth-order valence-corrected chi connectivity index (χ4v) is 4.88. The van der Waals surface area contributed by atoms with Gasteiger partial charge in [0.05, 0.1) is 24.7 Å². The van der Waals surface area contributed by atoms with Gasteiger partial charge in [-0.25, -0.2) is 13.4 Å². The van der Waals surface area contributed by atoms with Crippen molar-refractivity contribution < 1.29 is 22.7 Å². The molecule has 3 N–H and O–H groups in total. The van der Waals surface area contributed by atoms with Gasteiger partial charge in [0, 0.05) is 36.9 Å². The van der Waals surface area contributed by atoms with Crippen LogP contribution < -0.4 is 25.0 Å². The zero-order chi connectivity index (χ0) is 30.8. The van der Waals surface area contributed by atoms with Gasteiger partial charge in [0.25, 0.3) is 11.7 Å². The first-order valence-electron chi connectivity index (χ1n) is 13.0. The molecule has 11 nitrogen and oxygen atoms in total. The number of rotatable bonds is 9. The number of hydrogen-bond acceptors (Lipinski definition) is 9. The molecular weight excluding hydrogens is 556 g/mol. The smallest absolute Gasteiger partial charge is 0.296 e. The second kappa shape index (κ2) is 11.6. The lowest BCUT2D eigenvalue weighted by molar-refractivity contribution is -0.112. The van der Waals surface area contributed by atoms with Crippen LogP contribution >= 0.6 is 0 Å². The monoisotopic (exact) mass is 590 g/mol. The molecule has 0 aliphatic rings. The van der Waals surface area contributed by atoms with Crippen LogP contribution in [0.2, 0.25) is 0 Å². The predicted molar refractivity (Wildman–Crippen MR) is 167 cm³/mol. The van der Waals surface area contributed by atoms with Crippen LogP contribution in [0, 0.1) is 0 Å². The van der Waals surface area contributed by atoms with Crippen LogP contribution in [0.1, 0.15) is 36.7 Å². The number of anilines is 5. The molecule has 0 radical (unpaired) electrons. The lowest BCUT2D eigenvalue weighted by Crippen LogP contribution is -2.24. The summed E-state index contributed by atoms with van der Waals surface area (Å²) < 4.78 is 32.0. The minimum atomic E-state index is -3.66. The summed E-state index contributed by atoms with van der Waals surface area (Å²) in [6.45, 7) is 5.83. The molecular formula is C30H34N6O5S. The number of hydrogen-bond donors (Lipinski definition) is 3. The topological polar surface area (TPSA) is 143 Å². The van der Waals surface area contributed by atoms with Gasteiger partial charge in [0.15, 0.2) is 5.75 Å². The second-order valence-electron chi connectivity index (χ2n) is 11.0. The maximum absolute atomic E-state index is 13.5. The standard InChI is InChI=1S/C30H34N6O5S/c1-30(2,3)18-16-23(27(41-6)24(17-18)35-42(7,39)40)33-28(38)26(37)21-12-13-22(20-11-9-8-10-19(20)21)32-25-14-15-31-29(34-25)36(4)5/h8-17,35H,1-7H3,(H,33,38)(H,31,32,34). The number of carbonyl (C=O) groups excluding carboxylic acids is 2. The average Bonchev–Trinajstić information content (AvgIpc) is 2.91. The number of benzene rings is 3. The quantitative estimate of drug-likeness (QED) is 0.182. The fourth-order valence-electron chi connectivity index (χ4n) is 4.33. The highest BCUT2D eigenvalue weighted by Crippen LogP contribution is 2.39. The number of nitrogens with one attached hydrogen (secondary N) is 3. The molecule has 42 heavy (non-hydrogen) atoms. The van der Waals surface area contributed by atoms with Crippen molar-refractivity contribution in [2.24, 2.45) is 0 Å². The van der Waals surface area contributed by atoms with Crippen molar-refractivity contribution in [1.82, 2.24) is 9.97 Å². The Morgan fingerprint density at radius 2 is 1.60 bits per heavy atom. The number of fused-ring (bicyclic) bond motifs is 1. The van der Waals surface area contributed by atoms with Crippen molar-refractivity contribution in [3.05, 3.63) is 71.9 Å². The highest BCUT2D eigenvalue weighted by atomic mass is 32.2. The van der Waals surface area contributed by atoms with Crippen molar-refractivity contribution >= 4 is 61.3 Å². The lowest BCUT2D eigenvalue weighted by atomic mass is 9.86. The molecule has 1 amide bonds. The molecule has 0 aliphatic heterocycles. The molecule has 12 heteroatoms. The summed E-state index contributed by atoms with van der Waals surface area (Å²) >= 11 is 0. The Hall–Kier alpha value is -4.71. The molecule has 0 unspecified atom stereocenters. The molecule has 0 atom stereocenters. The third-order valence-electron chi connectivity index (χ3n) is 6.38. The van der Waals surface area contributed by atoms with Gasteiger partial charge in [-0.15, -0.1) is 0 Å². The molecule has 4 aromatic rings. The number of carbonyl (C=O) groups is 2. The number of nitrogens with zero attached hydrogens (tertiary/aromatic N) is 3. The summed E-state index contributed by atoms with van der Waals surface area (Å²) in [5, 5.41) is 7.21. The molecule has 1 heterocycles. The number of amides is 1. The van der Waals surface area contributed by atoms with Crippen molar-refractivity contribution in [3.8, 4) is 5.75 Å². The van der Waals surface area contributed by atoms with E-state index in [1.165, 1.54) is 7.11 Å². The zero-order valence-corrected chi connectivity index (χ0v) is 25.4. The molecule has 3 aromatic carbocycles. The molecule has 0 saturated heterocycles. The third kappa shape index (κ3) is 6.77. The largest absolute Gasteiger partial charge is 0.492 e. The number of ketones is 1. The maximum atomic E-state index is 13.5.